The van der Waals surface area contributed by atoms with E-state index in [2.05, 4.69) is 16.0 Å². The van der Waals surface area contributed by atoms with Gasteiger partial charge in [0.05, 0.1) is 0 Å². The molecule has 6 rings (SSSR count). The Bertz CT molecular complexity index is 1730. The second-order valence-corrected chi connectivity index (χ2v) is 16.4. The zero-order chi connectivity index (χ0) is 40.4. The number of aryl methyl sites for hydroxylation is 1. The van der Waals surface area contributed by atoms with E-state index in [1.54, 1.807) is 29.2 Å². The lowest BCUT2D eigenvalue weighted by atomic mass is 9.92. The van der Waals surface area contributed by atoms with Gasteiger partial charge in [-0.3, -0.25) is 24.0 Å². The monoisotopic (exact) mass is 789 g/mol. The molecule has 310 valence electrons. The van der Waals surface area contributed by atoms with Gasteiger partial charge < -0.3 is 35.2 Å². The first-order chi connectivity index (χ1) is 27.5. The molecule has 5 amide bonds. The maximum Gasteiger partial charge on any atom is 0.262 e. The molecule has 12 nitrogen and oxygen atoms in total. The number of halogens is 1. The Hall–Kier alpha value is -4.36. The van der Waals surface area contributed by atoms with Crippen molar-refractivity contribution < 1.29 is 37.8 Å². The van der Waals surface area contributed by atoms with E-state index in [0.717, 1.165) is 63.5 Å². The summed E-state index contributed by atoms with van der Waals surface area (Å²) in [4.78, 5) is 68.0. The van der Waals surface area contributed by atoms with Gasteiger partial charge in [0.15, 0.2) is 11.8 Å². The Morgan fingerprint density at radius 3 is 2.35 bits per heavy atom. The Morgan fingerprint density at radius 1 is 0.930 bits per heavy atom. The molecular weight excluding hydrogens is 730 g/mol. The largest absolute Gasteiger partial charge is 0.356 e. The highest BCUT2D eigenvalue weighted by Crippen LogP contribution is 2.50. The number of anilines is 1. The molecule has 2 unspecified atom stereocenters. The Kier molecular flexibility index (Phi) is 14.7. The summed E-state index contributed by atoms with van der Waals surface area (Å²) in [6.07, 6.45) is 14.0. The van der Waals surface area contributed by atoms with Crippen molar-refractivity contribution in [3.63, 3.8) is 0 Å². The summed E-state index contributed by atoms with van der Waals surface area (Å²) < 4.78 is 25.8. The van der Waals surface area contributed by atoms with Crippen molar-refractivity contribution in [2.45, 2.75) is 147 Å². The quantitative estimate of drug-likeness (QED) is 0.101. The van der Waals surface area contributed by atoms with Crippen LogP contribution in [0.25, 0.3) is 0 Å². The van der Waals surface area contributed by atoms with E-state index in [4.69, 9.17) is 9.47 Å². The number of nitrogens with one attached hydrogen (secondary N) is 3. The Morgan fingerprint density at radius 2 is 1.63 bits per heavy atom. The Labute approximate surface area is 336 Å². The highest BCUT2D eigenvalue weighted by atomic mass is 19.1. The summed E-state index contributed by atoms with van der Waals surface area (Å²) in [6, 6.07) is 10.9. The third-order valence-electron chi connectivity index (χ3n) is 11.9. The van der Waals surface area contributed by atoms with Crippen molar-refractivity contribution in [1.29, 1.82) is 0 Å². The molecule has 4 atom stereocenters. The number of benzene rings is 2. The molecule has 57 heavy (non-hydrogen) atoms. The van der Waals surface area contributed by atoms with Crippen LogP contribution in [0.1, 0.15) is 127 Å². The lowest BCUT2D eigenvalue weighted by Gasteiger charge is -2.38. The van der Waals surface area contributed by atoms with E-state index >= 15 is 0 Å². The van der Waals surface area contributed by atoms with Crippen molar-refractivity contribution in [2.75, 3.05) is 25.0 Å². The molecule has 1 saturated carbocycles. The summed E-state index contributed by atoms with van der Waals surface area (Å²) in [7, 11) is 0. The molecule has 2 heterocycles. The van der Waals surface area contributed by atoms with Crippen LogP contribution in [0.2, 0.25) is 0 Å². The van der Waals surface area contributed by atoms with E-state index in [1.807, 2.05) is 13.0 Å². The van der Waals surface area contributed by atoms with Gasteiger partial charge in [-0.25, -0.2) is 4.39 Å². The zero-order valence-electron chi connectivity index (χ0n) is 33.6. The fourth-order valence-electron chi connectivity index (χ4n) is 8.64. The highest BCUT2D eigenvalue weighted by Gasteiger charge is 2.64. The maximum absolute atomic E-state index is 14.2. The molecule has 2 aliphatic carbocycles. The molecule has 2 saturated heterocycles. The molecule has 0 aromatic heterocycles. The zero-order valence-corrected chi connectivity index (χ0v) is 33.6. The van der Waals surface area contributed by atoms with Crippen LogP contribution in [0.3, 0.4) is 0 Å². The third-order valence-corrected chi connectivity index (χ3v) is 11.9. The molecule has 2 aromatic carbocycles. The molecule has 3 fully saturated rings. The van der Waals surface area contributed by atoms with Gasteiger partial charge in [0.2, 0.25) is 29.9 Å². The fourth-order valence-corrected chi connectivity index (χ4v) is 8.64. The lowest BCUT2D eigenvalue weighted by molar-refractivity contribution is -0.178. The summed E-state index contributed by atoms with van der Waals surface area (Å²) >= 11 is 0. The molecule has 13 heteroatoms. The van der Waals surface area contributed by atoms with Crippen LogP contribution < -0.4 is 16.0 Å². The lowest BCUT2D eigenvalue weighted by Crippen LogP contribution is -2.57. The number of fused-ring (bicyclic) bond motifs is 3. The van der Waals surface area contributed by atoms with Crippen LogP contribution in [0, 0.1) is 11.7 Å². The molecule has 3 N–H and O–H groups in total. The van der Waals surface area contributed by atoms with E-state index < -0.39 is 24.2 Å². The van der Waals surface area contributed by atoms with Crippen molar-refractivity contribution >= 4 is 35.2 Å². The number of ether oxygens (including phenoxy) is 2. The van der Waals surface area contributed by atoms with Gasteiger partial charge in [0, 0.05) is 51.1 Å². The van der Waals surface area contributed by atoms with Crippen LogP contribution in [-0.4, -0.2) is 77.5 Å². The minimum Gasteiger partial charge on any atom is -0.356 e. The highest BCUT2D eigenvalue weighted by molar-refractivity contribution is 5.93. The molecule has 1 spiro atoms. The van der Waals surface area contributed by atoms with E-state index in [1.165, 1.54) is 49.6 Å². The number of nitrogens with zero attached hydrogens (tertiary/aromatic N) is 2. The number of amides is 5. The minimum atomic E-state index is -1.29. The topological polar surface area (TPSA) is 150 Å². The summed E-state index contributed by atoms with van der Waals surface area (Å²) in [5, 5.41) is 8.85. The Balaban J connectivity index is 0.936. The van der Waals surface area contributed by atoms with Crippen LogP contribution in [0.4, 0.5) is 10.1 Å². The standard InChI is InChI=1S/C44H60FN5O7/c1-30(27-47-38(52)15-9-7-5-3-4-6-8-12-24-46-39(53)25-32-13-10-11-14-32)49(28-33-16-18-35(45)19-17-33)40(54)29-50-41-42(56-41)57-44(43(50)55)23-22-34-26-36(48-31(2)51)20-21-37(34)44/h16-21,26,30,32,41-42H,3-15,22-25,27-29H2,1-2H3,(H,46,53)(H,47,52)(H,48,51)/t30-,41?,42?,44+/m0/s1. The SMILES string of the molecule is CC(=O)Nc1ccc2c(c1)CC[C@@]21OC2OC2N(CC(=O)N(Cc2ccc(F)cc2)[C@@H](C)CNC(=O)CCCCCCCCCCNC(=O)CC2CCCC2)C1=O. The van der Waals surface area contributed by atoms with Gasteiger partial charge in [-0.15, -0.1) is 0 Å². The predicted molar refractivity (Wildman–Crippen MR) is 213 cm³/mol. The van der Waals surface area contributed by atoms with Gasteiger partial charge in [-0.1, -0.05) is 69.6 Å². The smallest absolute Gasteiger partial charge is 0.262 e. The number of hydrogen-bond acceptors (Lipinski definition) is 7. The normalized spacial score (nSPS) is 21.5. The predicted octanol–water partition coefficient (Wildman–Crippen LogP) is 6.21. The van der Waals surface area contributed by atoms with Gasteiger partial charge in [-0.05, 0) is 92.3 Å². The average molecular weight is 790 g/mol. The number of rotatable bonds is 21. The number of epoxide rings is 1. The van der Waals surface area contributed by atoms with Crippen LogP contribution >= 0.6 is 0 Å². The number of carbonyl (C=O) groups is 5. The molecular formula is C44H60FN5O7. The van der Waals surface area contributed by atoms with Gasteiger partial charge >= 0.3 is 0 Å². The maximum atomic E-state index is 14.2. The number of morpholine rings is 1. The number of hydrogen-bond donors (Lipinski definition) is 3. The first kappa shape index (κ1) is 42.3. The van der Waals surface area contributed by atoms with Crippen molar-refractivity contribution in [3.8, 4) is 0 Å². The summed E-state index contributed by atoms with van der Waals surface area (Å²) in [5.74, 6) is -0.541. The first-order valence-corrected chi connectivity index (χ1v) is 21.1. The first-order valence-electron chi connectivity index (χ1n) is 21.1. The summed E-state index contributed by atoms with van der Waals surface area (Å²) in [6.45, 7) is 4.19. The second kappa shape index (κ2) is 19.9. The van der Waals surface area contributed by atoms with Gasteiger partial charge in [-0.2, -0.15) is 0 Å². The number of unbranched alkanes of at least 4 members (excludes halogenated alkanes) is 7. The van der Waals surface area contributed by atoms with Gasteiger partial charge in [0.1, 0.15) is 12.4 Å². The average Bonchev–Trinajstić information content (AvgIpc) is 3.58. The summed E-state index contributed by atoms with van der Waals surface area (Å²) in [5.41, 5.74) is 1.65. The van der Waals surface area contributed by atoms with Crippen LogP contribution in [0.5, 0.6) is 0 Å². The molecule has 2 aliphatic heterocycles. The fraction of sp³-hybridized carbons (Fsp3) is 0.614. The van der Waals surface area contributed by atoms with E-state index in [-0.39, 0.29) is 55.0 Å². The van der Waals surface area contributed by atoms with Crippen molar-refractivity contribution in [1.82, 2.24) is 20.4 Å². The minimum absolute atomic E-state index is 0.0768. The van der Waals surface area contributed by atoms with E-state index in [9.17, 15) is 28.4 Å². The molecule has 0 bridgehead atoms. The second-order valence-electron chi connectivity index (χ2n) is 16.4. The van der Waals surface area contributed by atoms with Crippen molar-refractivity contribution in [2.24, 2.45) is 5.92 Å². The molecule has 2 aromatic rings. The van der Waals surface area contributed by atoms with Gasteiger partial charge in [0.25, 0.3) is 5.91 Å². The molecule has 0 radical (unpaired) electrons. The van der Waals surface area contributed by atoms with E-state index in [0.29, 0.717) is 48.4 Å². The number of carbonyl (C=O) groups excluding carboxylic acids is 5. The van der Waals surface area contributed by atoms with Crippen LogP contribution in [0.15, 0.2) is 42.5 Å². The molecule has 4 aliphatic rings. The third kappa shape index (κ3) is 11.4. The van der Waals surface area contributed by atoms with Crippen molar-refractivity contribution in [3.05, 3.63) is 65.0 Å². The van der Waals surface area contributed by atoms with Crippen LogP contribution in [-0.2, 0) is 52.0 Å².